The van der Waals surface area contributed by atoms with Gasteiger partial charge in [0.25, 0.3) is 5.91 Å². The topological polar surface area (TPSA) is 75.3 Å². The zero-order chi connectivity index (χ0) is 13.1. The van der Waals surface area contributed by atoms with E-state index in [0.717, 1.165) is 0 Å². The van der Waals surface area contributed by atoms with Crippen molar-refractivity contribution < 1.29 is 9.90 Å². The molecule has 0 heterocycles. The van der Waals surface area contributed by atoms with Gasteiger partial charge in [-0.05, 0) is 31.5 Å². The van der Waals surface area contributed by atoms with Crippen molar-refractivity contribution in [3.63, 3.8) is 0 Å². The van der Waals surface area contributed by atoms with Crippen LogP contribution in [0, 0.1) is 0 Å². The van der Waals surface area contributed by atoms with Crippen molar-refractivity contribution >= 4 is 23.2 Å². The molecular formula is C12H17ClN2O2. The molecule has 0 saturated carbocycles. The van der Waals surface area contributed by atoms with Gasteiger partial charge in [-0.3, -0.25) is 4.79 Å². The molecule has 0 spiro atoms. The number of aliphatic hydroxyl groups is 1. The molecule has 1 aromatic rings. The van der Waals surface area contributed by atoms with Gasteiger partial charge in [0.2, 0.25) is 0 Å². The van der Waals surface area contributed by atoms with Crippen LogP contribution < -0.4 is 11.1 Å². The van der Waals surface area contributed by atoms with Crippen molar-refractivity contribution in [2.75, 3.05) is 12.3 Å². The normalized spacial score (nSPS) is 14.1. The van der Waals surface area contributed by atoms with Gasteiger partial charge in [-0.15, -0.1) is 0 Å². The Kier molecular flexibility index (Phi) is 4.37. The number of amides is 1. The molecule has 0 radical (unpaired) electrons. The van der Waals surface area contributed by atoms with Crippen LogP contribution in [0.3, 0.4) is 0 Å². The van der Waals surface area contributed by atoms with Gasteiger partial charge >= 0.3 is 0 Å². The number of carbonyl (C=O) groups is 1. The van der Waals surface area contributed by atoms with Crippen LogP contribution in [0.4, 0.5) is 5.69 Å². The lowest BCUT2D eigenvalue weighted by atomic mass is 10.0. The monoisotopic (exact) mass is 256 g/mol. The minimum atomic E-state index is -0.907. The molecule has 17 heavy (non-hydrogen) atoms. The molecular weight excluding hydrogens is 240 g/mol. The fourth-order valence-corrected chi connectivity index (χ4v) is 1.48. The molecule has 4 N–H and O–H groups in total. The number of carbonyl (C=O) groups excluding carboxylic acids is 1. The molecule has 0 fully saturated rings. The predicted octanol–water partition coefficient (Wildman–Crippen LogP) is 1.81. The molecule has 5 heteroatoms. The summed E-state index contributed by atoms with van der Waals surface area (Å²) in [5, 5.41) is 12.7. The molecule has 0 aliphatic heterocycles. The maximum atomic E-state index is 11.8. The Morgan fingerprint density at radius 3 is 2.76 bits per heavy atom. The Morgan fingerprint density at radius 2 is 2.24 bits per heavy atom. The quantitative estimate of drug-likeness (QED) is 0.720. The molecule has 0 aliphatic carbocycles. The number of nitrogens with one attached hydrogen (secondary N) is 1. The van der Waals surface area contributed by atoms with Crippen molar-refractivity contribution in [1.29, 1.82) is 0 Å². The summed E-state index contributed by atoms with van der Waals surface area (Å²) >= 11 is 5.90. The van der Waals surface area contributed by atoms with E-state index in [1.807, 2.05) is 6.92 Å². The van der Waals surface area contributed by atoms with Gasteiger partial charge in [-0.25, -0.2) is 0 Å². The summed E-state index contributed by atoms with van der Waals surface area (Å²) < 4.78 is 0. The van der Waals surface area contributed by atoms with E-state index in [1.54, 1.807) is 19.1 Å². The van der Waals surface area contributed by atoms with Gasteiger partial charge in [0.05, 0.1) is 16.2 Å². The number of anilines is 1. The Hall–Kier alpha value is -1.26. The van der Waals surface area contributed by atoms with Crippen LogP contribution in [0.2, 0.25) is 5.02 Å². The number of rotatable bonds is 4. The summed E-state index contributed by atoms with van der Waals surface area (Å²) in [7, 11) is 0. The zero-order valence-corrected chi connectivity index (χ0v) is 10.7. The average molecular weight is 257 g/mol. The van der Waals surface area contributed by atoms with Crippen LogP contribution in [0.1, 0.15) is 30.6 Å². The van der Waals surface area contributed by atoms with E-state index >= 15 is 0 Å². The van der Waals surface area contributed by atoms with E-state index in [0.29, 0.717) is 22.7 Å². The highest BCUT2D eigenvalue weighted by Crippen LogP contribution is 2.19. The molecule has 0 aliphatic rings. The average Bonchev–Trinajstić information content (AvgIpc) is 2.26. The predicted molar refractivity (Wildman–Crippen MR) is 69.1 cm³/mol. The molecule has 4 nitrogen and oxygen atoms in total. The molecule has 1 aromatic carbocycles. The van der Waals surface area contributed by atoms with Crippen LogP contribution in [0.5, 0.6) is 0 Å². The van der Waals surface area contributed by atoms with Crippen LogP contribution in [-0.4, -0.2) is 23.2 Å². The number of halogens is 1. The molecule has 0 aromatic heterocycles. The van der Waals surface area contributed by atoms with E-state index < -0.39 is 5.60 Å². The molecule has 94 valence electrons. The van der Waals surface area contributed by atoms with Gasteiger partial charge in [-0.1, -0.05) is 18.5 Å². The lowest BCUT2D eigenvalue weighted by Crippen LogP contribution is -2.40. The van der Waals surface area contributed by atoms with Gasteiger partial charge in [0.15, 0.2) is 0 Å². The van der Waals surface area contributed by atoms with E-state index in [2.05, 4.69) is 5.32 Å². The summed E-state index contributed by atoms with van der Waals surface area (Å²) in [5.41, 5.74) is 5.49. The van der Waals surface area contributed by atoms with Gasteiger partial charge in [0, 0.05) is 12.2 Å². The summed E-state index contributed by atoms with van der Waals surface area (Å²) in [5.74, 6) is -0.316. The van der Waals surface area contributed by atoms with Gasteiger partial charge < -0.3 is 16.2 Å². The standard InChI is InChI=1S/C12H17ClN2O2/c1-3-12(2,17)7-15-11(16)9-5-4-8(14)6-10(9)13/h4-6,17H,3,7,14H2,1-2H3,(H,15,16). The first-order chi connectivity index (χ1) is 7.85. The Labute approximate surface area is 106 Å². The third-order valence-corrected chi connectivity index (χ3v) is 2.94. The molecule has 1 atom stereocenters. The lowest BCUT2D eigenvalue weighted by molar-refractivity contribution is 0.0518. The van der Waals surface area contributed by atoms with Gasteiger partial charge in [0.1, 0.15) is 0 Å². The fourth-order valence-electron chi connectivity index (χ4n) is 1.21. The second-order valence-corrected chi connectivity index (χ2v) is 4.68. The number of nitrogen functional groups attached to an aromatic ring is 1. The van der Waals surface area contributed by atoms with Crippen LogP contribution in [0.15, 0.2) is 18.2 Å². The number of nitrogens with two attached hydrogens (primary N) is 1. The summed E-state index contributed by atoms with van der Waals surface area (Å²) in [4.78, 5) is 11.8. The highest BCUT2D eigenvalue weighted by atomic mass is 35.5. The number of benzene rings is 1. The highest BCUT2D eigenvalue weighted by molar-refractivity contribution is 6.34. The Balaban J connectivity index is 2.71. The molecule has 0 bridgehead atoms. The number of hydrogen-bond donors (Lipinski definition) is 3. The van der Waals surface area contributed by atoms with E-state index in [-0.39, 0.29) is 12.5 Å². The number of hydrogen-bond acceptors (Lipinski definition) is 3. The van der Waals surface area contributed by atoms with Gasteiger partial charge in [-0.2, -0.15) is 0 Å². The first kappa shape index (κ1) is 13.8. The Morgan fingerprint density at radius 1 is 1.59 bits per heavy atom. The minimum Gasteiger partial charge on any atom is -0.399 e. The second-order valence-electron chi connectivity index (χ2n) is 4.27. The summed E-state index contributed by atoms with van der Waals surface area (Å²) in [6, 6.07) is 4.70. The third-order valence-electron chi connectivity index (χ3n) is 2.63. The summed E-state index contributed by atoms with van der Waals surface area (Å²) in [6.07, 6.45) is 0.558. The zero-order valence-electron chi connectivity index (χ0n) is 9.96. The van der Waals surface area contributed by atoms with Crippen LogP contribution in [0.25, 0.3) is 0 Å². The van der Waals surface area contributed by atoms with Crippen molar-refractivity contribution in [2.45, 2.75) is 25.9 Å². The SMILES string of the molecule is CCC(C)(O)CNC(=O)c1ccc(N)cc1Cl. The molecule has 1 unspecified atom stereocenters. The van der Waals surface area contributed by atoms with Crippen molar-refractivity contribution in [3.05, 3.63) is 28.8 Å². The van der Waals surface area contributed by atoms with E-state index in [1.165, 1.54) is 6.07 Å². The molecule has 1 amide bonds. The third kappa shape index (κ3) is 3.91. The lowest BCUT2D eigenvalue weighted by Gasteiger charge is -2.21. The Bertz CT molecular complexity index is 419. The first-order valence-electron chi connectivity index (χ1n) is 5.41. The summed E-state index contributed by atoms with van der Waals surface area (Å²) in [6.45, 7) is 3.70. The van der Waals surface area contributed by atoms with Crippen LogP contribution >= 0.6 is 11.6 Å². The molecule has 0 saturated heterocycles. The first-order valence-corrected chi connectivity index (χ1v) is 5.79. The maximum absolute atomic E-state index is 11.8. The minimum absolute atomic E-state index is 0.184. The molecule has 1 rings (SSSR count). The maximum Gasteiger partial charge on any atom is 0.252 e. The largest absolute Gasteiger partial charge is 0.399 e. The van der Waals surface area contributed by atoms with Crippen molar-refractivity contribution in [2.24, 2.45) is 0 Å². The smallest absolute Gasteiger partial charge is 0.252 e. The second kappa shape index (κ2) is 5.38. The van der Waals surface area contributed by atoms with Crippen molar-refractivity contribution in [3.8, 4) is 0 Å². The van der Waals surface area contributed by atoms with Crippen LogP contribution in [-0.2, 0) is 0 Å². The highest BCUT2D eigenvalue weighted by Gasteiger charge is 2.19. The van der Waals surface area contributed by atoms with E-state index in [9.17, 15) is 9.90 Å². The van der Waals surface area contributed by atoms with E-state index in [4.69, 9.17) is 17.3 Å². The fraction of sp³-hybridized carbons (Fsp3) is 0.417. The van der Waals surface area contributed by atoms with Crippen molar-refractivity contribution in [1.82, 2.24) is 5.32 Å².